The van der Waals surface area contributed by atoms with Crippen LogP contribution in [0.3, 0.4) is 0 Å². The normalized spacial score (nSPS) is 17.3. The van der Waals surface area contributed by atoms with Gasteiger partial charge in [-0.3, -0.25) is 14.5 Å². The van der Waals surface area contributed by atoms with E-state index in [0.29, 0.717) is 27.6 Å². The average Bonchev–Trinajstić information content (AvgIpc) is 3.17. The predicted octanol–water partition coefficient (Wildman–Crippen LogP) is 4.77. The van der Waals surface area contributed by atoms with E-state index in [1.54, 1.807) is 24.3 Å². The molecule has 138 valence electrons. The number of halogens is 2. The third-order valence-electron chi connectivity index (χ3n) is 4.02. The smallest absolute Gasteiger partial charge is 0.293 e. The van der Waals surface area contributed by atoms with Gasteiger partial charge < -0.3 is 14.6 Å². The van der Waals surface area contributed by atoms with Crippen molar-refractivity contribution in [1.29, 1.82) is 0 Å². The molecule has 0 aromatic heterocycles. The molecule has 1 fully saturated rings. The van der Waals surface area contributed by atoms with E-state index >= 15 is 0 Å². The maximum atomic E-state index is 12.7. The first-order valence-corrected chi connectivity index (χ1v) is 9.73. The lowest BCUT2D eigenvalue weighted by Crippen LogP contribution is -2.27. The molecule has 0 aliphatic carbocycles. The Morgan fingerprint density at radius 1 is 1.22 bits per heavy atom. The maximum Gasteiger partial charge on any atom is 0.293 e. The van der Waals surface area contributed by atoms with Gasteiger partial charge in [-0.15, -0.1) is 0 Å². The largest absolute Gasteiger partial charge is 0.507 e. The Kier molecular flexibility index (Phi) is 4.79. The Morgan fingerprint density at radius 3 is 2.74 bits per heavy atom. The zero-order valence-corrected chi connectivity index (χ0v) is 16.7. The Bertz CT molecular complexity index is 1010. The van der Waals surface area contributed by atoms with E-state index in [0.717, 1.165) is 21.1 Å². The van der Waals surface area contributed by atoms with Crippen molar-refractivity contribution in [2.45, 2.75) is 6.54 Å². The fraction of sp³-hybridized carbons (Fsp3) is 0.111. The molecule has 2 aromatic carbocycles. The molecule has 0 unspecified atom stereocenters. The molecule has 9 heteroatoms. The SMILES string of the molecule is O=C1S/C(=C\c2cc(Br)ccc2O)C(=O)N1Cc1cc2c(cc1Cl)OCO2. The fourth-order valence-corrected chi connectivity index (χ4v) is 4.09. The zero-order chi connectivity index (χ0) is 19.1. The molecule has 6 nitrogen and oxygen atoms in total. The number of hydrogen-bond donors (Lipinski definition) is 1. The summed E-state index contributed by atoms with van der Waals surface area (Å²) in [6, 6.07) is 8.12. The van der Waals surface area contributed by atoms with Gasteiger partial charge in [0.15, 0.2) is 11.5 Å². The van der Waals surface area contributed by atoms with Crippen molar-refractivity contribution < 1.29 is 24.2 Å². The van der Waals surface area contributed by atoms with Crippen molar-refractivity contribution in [3.8, 4) is 17.2 Å². The molecule has 2 heterocycles. The average molecular weight is 469 g/mol. The van der Waals surface area contributed by atoms with Gasteiger partial charge in [0.1, 0.15) is 5.75 Å². The summed E-state index contributed by atoms with van der Waals surface area (Å²) >= 11 is 10.4. The van der Waals surface area contributed by atoms with Crippen LogP contribution in [0, 0.1) is 0 Å². The van der Waals surface area contributed by atoms with Crippen LogP contribution in [0.15, 0.2) is 39.7 Å². The Morgan fingerprint density at radius 2 is 1.96 bits per heavy atom. The Balaban J connectivity index is 1.60. The molecule has 0 bridgehead atoms. The van der Waals surface area contributed by atoms with Gasteiger partial charge in [-0.25, -0.2) is 0 Å². The highest BCUT2D eigenvalue weighted by atomic mass is 79.9. The summed E-state index contributed by atoms with van der Waals surface area (Å²) in [6.07, 6.45) is 1.49. The van der Waals surface area contributed by atoms with Gasteiger partial charge in [0.2, 0.25) is 6.79 Å². The summed E-state index contributed by atoms with van der Waals surface area (Å²) in [7, 11) is 0. The molecule has 4 rings (SSSR count). The van der Waals surface area contributed by atoms with Crippen molar-refractivity contribution in [3.63, 3.8) is 0 Å². The molecule has 0 atom stereocenters. The lowest BCUT2D eigenvalue weighted by molar-refractivity contribution is -0.123. The second-order valence-electron chi connectivity index (χ2n) is 5.77. The summed E-state index contributed by atoms with van der Waals surface area (Å²) in [6.45, 7) is 0.123. The van der Waals surface area contributed by atoms with E-state index < -0.39 is 11.1 Å². The standard InChI is InChI=1S/C18H11BrClNO5S/c19-11-1-2-13(22)9(3-11)5-16-17(23)21(18(24)27-16)7-10-4-14-15(6-12(10)20)26-8-25-14/h1-6,22H,7-8H2/b16-5-. The number of rotatable bonds is 3. The minimum atomic E-state index is -0.446. The number of amides is 2. The number of ether oxygens (including phenoxy) is 2. The predicted molar refractivity (Wildman–Crippen MR) is 105 cm³/mol. The highest BCUT2D eigenvalue weighted by Crippen LogP contribution is 2.39. The molecule has 0 spiro atoms. The van der Waals surface area contributed by atoms with Crippen LogP contribution in [0.1, 0.15) is 11.1 Å². The highest BCUT2D eigenvalue weighted by Gasteiger charge is 2.36. The number of carbonyl (C=O) groups excluding carboxylic acids is 2. The van der Waals surface area contributed by atoms with Gasteiger partial charge in [-0.1, -0.05) is 27.5 Å². The van der Waals surface area contributed by atoms with E-state index in [9.17, 15) is 14.7 Å². The number of phenolic OH excluding ortho intramolecular Hbond substituents is 1. The number of nitrogens with zero attached hydrogens (tertiary/aromatic N) is 1. The summed E-state index contributed by atoms with van der Waals surface area (Å²) in [4.78, 5) is 26.4. The van der Waals surface area contributed by atoms with Crippen LogP contribution in [-0.2, 0) is 11.3 Å². The van der Waals surface area contributed by atoms with E-state index in [2.05, 4.69) is 15.9 Å². The van der Waals surface area contributed by atoms with Crippen LogP contribution in [-0.4, -0.2) is 27.9 Å². The second-order valence-corrected chi connectivity index (χ2v) is 8.08. The fourth-order valence-electron chi connectivity index (χ4n) is 2.67. The van der Waals surface area contributed by atoms with E-state index in [1.807, 2.05) is 0 Å². The van der Waals surface area contributed by atoms with Crippen LogP contribution in [0.2, 0.25) is 5.02 Å². The first-order valence-electron chi connectivity index (χ1n) is 7.74. The third kappa shape index (κ3) is 3.52. The molecule has 2 aliphatic heterocycles. The molecular weight excluding hydrogens is 458 g/mol. The summed E-state index contributed by atoms with van der Waals surface area (Å²) in [5.74, 6) is 0.626. The number of aromatic hydroxyl groups is 1. The van der Waals surface area contributed by atoms with Gasteiger partial charge in [-0.05, 0) is 47.7 Å². The maximum absolute atomic E-state index is 12.7. The third-order valence-corrected chi connectivity index (χ3v) is 5.77. The molecule has 2 amide bonds. The molecule has 0 radical (unpaired) electrons. The molecule has 1 N–H and O–H groups in total. The van der Waals surface area contributed by atoms with Gasteiger partial charge in [0.05, 0.1) is 11.4 Å². The topological polar surface area (TPSA) is 76.1 Å². The van der Waals surface area contributed by atoms with Crippen LogP contribution in [0.4, 0.5) is 4.79 Å². The summed E-state index contributed by atoms with van der Waals surface area (Å²) in [5, 5.41) is 9.92. The minimum absolute atomic E-state index is 0.0158. The van der Waals surface area contributed by atoms with Crippen molar-refractivity contribution in [2.75, 3.05) is 6.79 Å². The van der Waals surface area contributed by atoms with Gasteiger partial charge >= 0.3 is 0 Å². The number of fused-ring (bicyclic) bond motifs is 1. The quantitative estimate of drug-likeness (QED) is 0.654. The summed E-state index contributed by atoms with van der Waals surface area (Å²) < 4.78 is 11.3. The highest BCUT2D eigenvalue weighted by molar-refractivity contribution is 9.10. The van der Waals surface area contributed by atoms with Crippen molar-refractivity contribution in [1.82, 2.24) is 4.90 Å². The molecule has 2 aliphatic rings. The first-order chi connectivity index (χ1) is 12.9. The lowest BCUT2D eigenvalue weighted by Gasteiger charge is -2.14. The van der Waals surface area contributed by atoms with E-state index in [-0.39, 0.29) is 24.0 Å². The second kappa shape index (κ2) is 7.10. The molecule has 1 saturated heterocycles. The number of imide groups is 1. The van der Waals surface area contributed by atoms with Gasteiger partial charge in [0.25, 0.3) is 11.1 Å². The number of benzene rings is 2. The molecular formula is C18H11BrClNO5S. The lowest BCUT2D eigenvalue weighted by atomic mass is 10.1. The van der Waals surface area contributed by atoms with Crippen molar-refractivity contribution in [3.05, 3.63) is 55.9 Å². The van der Waals surface area contributed by atoms with Crippen LogP contribution >= 0.6 is 39.3 Å². The summed E-state index contributed by atoms with van der Waals surface area (Å²) in [5.41, 5.74) is 1.02. The minimum Gasteiger partial charge on any atom is -0.507 e. The number of thioether (sulfide) groups is 1. The first kappa shape index (κ1) is 18.2. The zero-order valence-electron chi connectivity index (χ0n) is 13.6. The number of hydrogen-bond acceptors (Lipinski definition) is 6. The molecule has 27 heavy (non-hydrogen) atoms. The monoisotopic (exact) mass is 467 g/mol. The van der Waals surface area contributed by atoms with E-state index in [4.69, 9.17) is 21.1 Å². The van der Waals surface area contributed by atoms with Crippen molar-refractivity contribution in [2.24, 2.45) is 0 Å². The van der Waals surface area contributed by atoms with Crippen LogP contribution < -0.4 is 9.47 Å². The Labute approximate surface area is 171 Å². The molecule has 2 aromatic rings. The molecule has 0 saturated carbocycles. The van der Waals surface area contributed by atoms with Crippen molar-refractivity contribution >= 4 is 56.5 Å². The number of carbonyl (C=O) groups is 2. The van der Waals surface area contributed by atoms with Crippen LogP contribution in [0.5, 0.6) is 17.2 Å². The van der Waals surface area contributed by atoms with E-state index in [1.165, 1.54) is 12.1 Å². The van der Waals surface area contributed by atoms with Gasteiger partial charge in [0, 0.05) is 21.1 Å². The van der Waals surface area contributed by atoms with Crippen LogP contribution in [0.25, 0.3) is 6.08 Å². The number of phenols is 1. The van der Waals surface area contributed by atoms with Gasteiger partial charge in [-0.2, -0.15) is 0 Å². The Hall–Kier alpha value is -2.16.